The summed E-state index contributed by atoms with van der Waals surface area (Å²) in [6.07, 6.45) is 0. The molecule has 0 aromatic carbocycles. The number of rotatable bonds is 0. The first-order valence-corrected chi connectivity index (χ1v) is 1.59. The molecule has 0 spiro atoms. The minimum Gasteiger partial charge on any atom is -1.00 e. The molecule has 0 bridgehead atoms. The van der Waals surface area contributed by atoms with Gasteiger partial charge in [0.15, 0.2) is 0 Å². The largest absolute Gasteiger partial charge is 1.00 e. The van der Waals surface area contributed by atoms with Crippen molar-refractivity contribution in [2.45, 2.75) is 6.92 Å². The van der Waals surface area contributed by atoms with Crippen molar-refractivity contribution in [3.8, 4) is 0 Å². The molecule has 0 heterocycles. The van der Waals surface area contributed by atoms with Crippen LogP contribution in [0.25, 0.3) is 0 Å². The van der Waals surface area contributed by atoms with Gasteiger partial charge in [0.25, 0.3) is 5.09 Å². The molecule has 0 unspecified atom stereocenters. The molecule has 46 valence electrons. The molecule has 6 heteroatoms. The van der Waals surface area contributed by atoms with Crippen molar-refractivity contribution in [3.63, 3.8) is 0 Å². The summed E-state index contributed by atoms with van der Waals surface area (Å²) in [6.45, 7) is 1.93. The second-order valence-electron chi connectivity index (χ2n) is 0.554. The first-order chi connectivity index (χ1) is 3.15. The molecule has 0 aromatic rings. The van der Waals surface area contributed by atoms with Crippen molar-refractivity contribution >= 4 is 0 Å². The van der Waals surface area contributed by atoms with E-state index in [4.69, 9.17) is 20.4 Å². The van der Waals surface area contributed by atoms with Crippen molar-refractivity contribution in [1.82, 2.24) is 0 Å². The van der Waals surface area contributed by atoms with Crippen LogP contribution in [0.3, 0.4) is 0 Å². The van der Waals surface area contributed by atoms with Gasteiger partial charge in [0.1, 0.15) is 0 Å². The van der Waals surface area contributed by atoms with Gasteiger partial charge < -0.3 is 11.7 Å². The first-order valence-electron chi connectivity index (χ1n) is 1.59. The minimum atomic E-state index is -1.50. The maximum atomic E-state index is 8.36. The number of hydrogen-bond donors (Lipinski definition) is 2. The van der Waals surface area contributed by atoms with Crippen molar-refractivity contribution in [1.29, 1.82) is 0 Å². The second kappa shape index (κ2) is 15.9. The van der Waals surface area contributed by atoms with E-state index in [1.807, 2.05) is 0 Å². The molecule has 0 saturated carbocycles. The Morgan fingerprint density at radius 2 is 1.88 bits per heavy atom. The summed E-state index contributed by atoms with van der Waals surface area (Å²) in [6, 6.07) is 0. The number of hydrogen-bond acceptors (Lipinski definition) is 3. The Labute approximate surface area is 60.1 Å². The third-order valence-electron chi connectivity index (χ3n) is 0. The Balaban J connectivity index is -0.0000000233. The summed E-state index contributed by atoms with van der Waals surface area (Å²) in [5, 5.41) is 21.2. The third-order valence-corrected chi connectivity index (χ3v) is 0. The van der Waals surface area contributed by atoms with Crippen LogP contribution in [0.5, 0.6) is 0 Å². The summed E-state index contributed by atoms with van der Waals surface area (Å²) in [4.78, 5) is 8.36. The minimum absolute atomic E-state index is 0. The SMILES string of the molecule is CCO.O=[N+]([O-])O.[H-].[Li+]. The van der Waals surface area contributed by atoms with Crippen LogP contribution in [0.4, 0.5) is 0 Å². The van der Waals surface area contributed by atoms with Gasteiger partial charge in [-0.1, -0.05) is 0 Å². The topological polar surface area (TPSA) is 83.6 Å². The van der Waals surface area contributed by atoms with Gasteiger partial charge in [0.2, 0.25) is 0 Å². The quantitative estimate of drug-likeness (QED) is 0.198. The van der Waals surface area contributed by atoms with Crippen molar-refractivity contribution < 1.29 is 35.7 Å². The maximum absolute atomic E-state index is 8.36. The zero-order valence-electron chi connectivity index (χ0n) is 5.87. The summed E-state index contributed by atoms with van der Waals surface area (Å²) in [5.74, 6) is 0. The van der Waals surface area contributed by atoms with Gasteiger partial charge in [-0.2, -0.15) is 0 Å². The Morgan fingerprint density at radius 1 is 1.88 bits per heavy atom. The van der Waals surface area contributed by atoms with Crippen LogP contribution in [0.15, 0.2) is 0 Å². The number of aliphatic hydroxyl groups excluding tert-OH is 1. The van der Waals surface area contributed by atoms with E-state index in [2.05, 4.69) is 0 Å². The van der Waals surface area contributed by atoms with Crippen LogP contribution < -0.4 is 18.9 Å². The molecule has 0 atom stereocenters. The summed E-state index contributed by atoms with van der Waals surface area (Å²) in [7, 11) is 0. The summed E-state index contributed by atoms with van der Waals surface area (Å²) in [5.41, 5.74) is 0. The van der Waals surface area contributed by atoms with E-state index in [1.165, 1.54) is 0 Å². The van der Waals surface area contributed by atoms with Gasteiger partial charge >= 0.3 is 18.9 Å². The molecule has 0 saturated heterocycles. The fourth-order valence-electron chi connectivity index (χ4n) is 0. The fourth-order valence-corrected chi connectivity index (χ4v) is 0. The van der Waals surface area contributed by atoms with Gasteiger partial charge in [-0.05, 0) is 6.92 Å². The smallest absolute Gasteiger partial charge is 1.00 e. The molecule has 0 aliphatic carbocycles. The van der Waals surface area contributed by atoms with E-state index in [0.717, 1.165) is 0 Å². The number of aliphatic hydroxyl groups is 1. The van der Waals surface area contributed by atoms with Crippen LogP contribution in [0.1, 0.15) is 8.35 Å². The van der Waals surface area contributed by atoms with E-state index in [9.17, 15) is 0 Å². The average molecular weight is 117 g/mol. The number of nitrogens with zero attached hydrogens (tertiary/aromatic N) is 1. The monoisotopic (exact) mass is 117 g/mol. The molecule has 0 fully saturated rings. The van der Waals surface area contributed by atoms with E-state index < -0.39 is 5.09 Å². The van der Waals surface area contributed by atoms with E-state index >= 15 is 0 Å². The molecular formula is C2H8LiNO4. The molecule has 0 aromatic heterocycles. The fraction of sp³-hybridized carbons (Fsp3) is 1.00. The third kappa shape index (κ3) is 2210. The second-order valence-corrected chi connectivity index (χ2v) is 0.554. The Morgan fingerprint density at radius 3 is 1.88 bits per heavy atom. The van der Waals surface area contributed by atoms with Crippen LogP contribution in [-0.4, -0.2) is 22.0 Å². The van der Waals surface area contributed by atoms with Crippen LogP contribution in [0, 0.1) is 10.1 Å². The molecule has 2 N–H and O–H groups in total. The summed E-state index contributed by atoms with van der Waals surface area (Å²) < 4.78 is 0. The first kappa shape index (κ1) is 15.7. The standard InChI is InChI=1S/C2H6O.Li.HNO3.H/c1-2-3;;2-1(3)4;/h3H,2H2,1H3;;(H,2,3,4);/q;+1;;-1. The van der Waals surface area contributed by atoms with Gasteiger partial charge in [0.05, 0.1) is 0 Å². The van der Waals surface area contributed by atoms with Crippen molar-refractivity contribution in [3.05, 3.63) is 10.1 Å². The predicted molar refractivity (Wildman–Crippen MR) is 22.7 cm³/mol. The maximum Gasteiger partial charge on any atom is 1.00 e. The van der Waals surface area contributed by atoms with Gasteiger partial charge in [0, 0.05) is 6.61 Å². The average Bonchev–Trinajstić information content (AvgIpc) is 1.33. The molecule has 0 aliphatic rings. The Hall–Kier alpha value is -0.243. The molecule has 0 radical (unpaired) electrons. The van der Waals surface area contributed by atoms with E-state index in [1.54, 1.807) is 6.92 Å². The zero-order chi connectivity index (χ0) is 6.28. The van der Waals surface area contributed by atoms with E-state index in [0.29, 0.717) is 0 Å². The molecule has 8 heavy (non-hydrogen) atoms. The van der Waals surface area contributed by atoms with Crippen LogP contribution in [-0.2, 0) is 0 Å². The normalized spacial score (nSPS) is 5.25. The Bertz CT molecular complexity index is 49.8. The molecule has 5 nitrogen and oxygen atoms in total. The molecular weight excluding hydrogens is 109 g/mol. The zero-order valence-corrected chi connectivity index (χ0v) is 4.87. The summed E-state index contributed by atoms with van der Waals surface area (Å²) >= 11 is 0. The van der Waals surface area contributed by atoms with Crippen LogP contribution in [0.2, 0.25) is 0 Å². The van der Waals surface area contributed by atoms with Crippen molar-refractivity contribution in [2.75, 3.05) is 6.61 Å². The van der Waals surface area contributed by atoms with Gasteiger partial charge in [-0.15, -0.1) is 10.1 Å². The van der Waals surface area contributed by atoms with Crippen molar-refractivity contribution in [2.24, 2.45) is 0 Å². The molecule has 0 amide bonds. The molecule has 0 aliphatic heterocycles. The van der Waals surface area contributed by atoms with E-state index in [-0.39, 0.29) is 26.9 Å². The van der Waals surface area contributed by atoms with Gasteiger partial charge in [-0.3, -0.25) is 0 Å². The molecule has 0 rings (SSSR count). The van der Waals surface area contributed by atoms with Crippen LogP contribution >= 0.6 is 0 Å². The Kier molecular flexibility index (Phi) is 31.0. The predicted octanol–water partition coefficient (Wildman–Crippen LogP) is -3.23. The van der Waals surface area contributed by atoms with Gasteiger partial charge in [-0.25, -0.2) is 0 Å².